The van der Waals surface area contributed by atoms with E-state index in [1.165, 1.54) is 27.4 Å². The van der Waals surface area contributed by atoms with Crippen LogP contribution in [-0.2, 0) is 4.79 Å². The summed E-state index contributed by atoms with van der Waals surface area (Å²) in [5.41, 5.74) is 0.986. The Labute approximate surface area is 166 Å². The number of hydrogen-bond donors (Lipinski definition) is 1. The van der Waals surface area contributed by atoms with Crippen LogP contribution in [0.15, 0.2) is 30.3 Å². The lowest BCUT2D eigenvalue weighted by Crippen LogP contribution is -2.09. The first kappa shape index (κ1) is 20.2. The molecule has 0 aromatic heterocycles. The van der Waals surface area contributed by atoms with Crippen molar-refractivity contribution in [3.8, 4) is 17.2 Å². The fraction of sp³-hybridized carbons (Fsp3) is 0.167. The van der Waals surface area contributed by atoms with Crippen LogP contribution in [0.2, 0.25) is 15.1 Å². The number of anilines is 1. The van der Waals surface area contributed by atoms with Crippen molar-refractivity contribution < 1.29 is 19.0 Å². The minimum Gasteiger partial charge on any atom is -0.495 e. The van der Waals surface area contributed by atoms with Gasteiger partial charge in [-0.15, -0.1) is 0 Å². The smallest absolute Gasteiger partial charge is 0.248 e. The standard InChI is InChI=1S/C18H16Cl3NO4/c1-24-15-9-14(16(25-2)8-12(15)20)22-17(23)5-4-10-6-11(19)7-13(21)18(10)26-3/h4-9H,1-3H3,(H,22,23). The zero-order valence-corrected chi connectivity index (χ0v) is 16.5. The topological polar surface area (TPSA) is 56.8 Å². The molecular weight excluding hydrogens is 401 g/mol. The summed E-state index contributed by atoms with van der Waals surface area (Å²) in [7, 11) is 4.44. The van der Waals surface area contributed by atoms with Crippen molar-refractivity contribution in [3.63, 3.8) is 0 Å². The van der Waals surface area contributed by atoms with Crippen LogP contribution in [0.25, 0.3) is 6.08 Å². The molecule has 0 unspecified atom stereocenters. The number of benzene rings is 2. The molecule has 5 nitrogen and oxygen atoms in total. The maximum atomic E-state index is 12.3. The highest BCUT2D eigenvalue weighted by Crippen LogP contribution is 2.36. The molecule has 2 rings (SSSR count). The lowest BCUT2D eigenvalue weighted by Gasteiger charge is -2.12. The van der Waals surface area contributed by atoms with Crippen LogP contribution in [-0.4, -0.2) is 27.2 Å². The van der Waals surface area contributed by atoms with Crippen molar-refractivity contribution in [2.75, 3.05) is 26.6 Å². The lowest BCUT2D eigenvalue weighted by atomic mass is 10.2. The number of rotatable bonds is 6. The van der Waals surface area contributed by atoms with Crippen molar-refractivity contribution in [2.45, 2.75) is 0 Å². The Kier molecular flexibility index (Phi) is 7.03. The Morgan fingerprint density at radius 2 is 1.62 bits per heavy atom. The highest BCUT2D eigenvalue weighted by Gasteiger charge is 2.12. The van der Waals surface area contributed by atoms with Crippen LogP contribution in [0.3, 0.4) is 0 Å². The van der Waals surface area contributed by atoms with E-state index in [9.17, 15) is 4.79 Å². The van der Waals surface area contributed by atoms with Gasteiger partial charge in [-0.3, -0.25) is 4.79 Å². The molecule has 138 valence electrons. The molecule has 0 radical (unpaired) electrons. The highest BCUT2D eigenvalue weighted by molar-refractivity contribution is 6.36. The van der Waals surface area contributed by atoms with Gasteiger partial charge < -0.3 is 19.5 Å². The predicted octanol–water partition coefficient (Wildman–Crippen LogP) is 5.32. The average Bonchev–Trinajstić information content (AvgIpc) is 2.60. The van der Waals surface area contributed by atoms with Gasteiger partial charge in [0.15, 0.2) is 0 Å². The monoisotopic (exact) mass is 415 g/mol. The minimum atomic E-state index is -0.397. The quantitative estimate of drug-likeness (QED) is 0.647. The van der Waals surface area contributed by atoms with Gasteiger partial charge in [0, 0.05) is 28.8 Å². The Morgan fingerprint density at radius 1 is 0.923 bits per heavy atom. The Hall–Kier alpha value is -2.08. The van der Waals surface area contributed by atoms with E-state index in [-0.39, 0.29) is 0 Å². The van der Waals surface area contributed by atoms with Crippen LogP contribution >= 0.6 is 34.8 Å². The van der Waals surface area contributed by atoms with E-state index in [0.717, 1.165) is 0 Å². The van der Waals surface area contributed by atoms with Gasteiger partial charge in [-0.2, -0.15) is 0 Å². The second kappa shape index (κ2) is 9.03. The van der Waals surface area contributed by atoms with E-state index >= 15 is 0 Å². The number of ether oxygens (including phenoxy) is 3. The van der Waals surface area contributed by atoms with Gasteiger partial charge in [0.25, 0.3) is 0 Å². The number of nitrogens with one attached hydrogen (secondary N) is 1. The van der Waals surface area contributed by atoms with Crippen LogP contribution in [0.4, 0.5) is 5.69 Å². The summed E-state index contributed by atoms with van der Waals surface area (Å²) in [4.78, 5) is 12.3. The molecule has 2 aromatic carbocycles. The third kappa shape index (κ3) is 4.75. The Balaban J connectivity index is 2.26. The summed E-state index contributed by atoms with van der Waals surface area (Å²) < 4.78 is 15.6. The number of halogens is 3. The molecular formula is C18H16Cl3NO4. The van der Waals surface area contributed by atoms with Gasteiger partial charge in [0.05, 0.1) is 37.1 Å². The van der Waals surface area contributed by atoms with E-state index in [0.29, 0.717) is 43.6 Å². The Morgan fingerprint density at radius 3 is 2.23 bits per heavy atom. The molecule has 2 aromatic rings. The van der Waals surface area contributed by atoms with Gasteiger partial charge in [-0.1, -0.05) is 34.8 Å². The molecule has 1 N–H and O–H groups in total. The molecule has 0 spiro atoms. The third-order valence-corrected chi connectivity index (χ3v) is 4.18. The molecule has 0 saturated heterocycles. The summed E-state index contributed by atoms with van der Waals surface area (Å²) in [6.07, 6.45) is 2.87. The van der Waals surface area contributed by atoms with Crippen LogP contribution in [0.1, 0.15) is 5.56 Å². The molecule has 1 amide bonds. The average molecular weight is 417 g/mol. The maximum absolute atomic E-state index is 12.3. The lowest BCUT2D eigenvalue weighted by molar-refractivity contribution is -0.111. The van der Waals surface area contributed by atoms with Crippen molar-refractivity contribution in [2.24, 2.45) is 0 Å². The molecule has 0 atom stereocenters. The predicted molar refractivity (Wildman–Crippen MR) is 105 cm³/mol. The van der Waals surface area contributed by atoms with Crippen molar-refractivity contribution in [1.82, 2.24) is 0 Å². The first-order valence-corrected chi connectivity index (χ1v) is 8.46. The van der Waals surface area contributed by atoms with E-state index in [1.54, 1.807) is 30.3 Å². The summed E-state index contributed by atoms with van der Waals surface area (Å²) >= 11 is 18.1. The zero-order chi connectivity index (χ0) is 19.3. The molecule has 0 aliphatic carbocycles. The van der Waals surface area contributed by atoms with Crippen LogP contribution in [0.5, 0.6) is 17.2 Å². The van der Waals surface area contributed by atoms with Crippen molar-refractivity contribution in [1.29, 1.82) is 0 Å². The molecule has 0 fully saturated rings. The fourth-order valence-corrected chi connectivity index (χ4v) is 3.03. The number of hydrogen-bond acceptors (Lipinski definition) is 4. The van der Waals surface area contributed by atoms with Gasteiger partial charge in [-0.25, -0.2) is 0 Å². The maximum Gasteiger partial charge on any atom is 0.248 e. The van der Waals surface area contributed by atoms with E-state index in [1.807, 2.05) is 0 Å². The molecule has 0 saturated carbocycles. The largest absolute Gasteiger partial charge is 0.495 e. The Bertz CT molecular complexity index is 853. The minimum absolute atomic E-state index is 0.351. The SMILES string of the molecule is COc1cc(NC(=O)C=Cc2cc(Cl)cc(Cl)c2OC)c(OC)cc1Cl. The van der Waals surface area contributed by atoms with Crippen LogP contribution < -0.4 is 19.5 Å². The molecule has 0 bridgehead atoms. The first-order chi connectivity index (χ1) is 12.4. The number of amides is 1. The van der Waals surface area contributed by atoms with Gasteiger partial charge >= 0.3 is 0 Å². The fourth-order valence-electron chi connectivity index (χ4n) is 2.22. The molecule has 8 heteroatoms. The summed E-state index contributed by atoms with van der Waals surface area (Å²) in [5, 5.41) is 3.86. The third-order valence-electron chi connectivity index (χ3n) is 3.39. The highest BCUT2D eigenvalue weighted by atomic mass is 35.5. The number of methoxy groups -OCH3 is 3. The molecule has 26 heavy (non-hydrogen) atoms. The summed E-state index contributed by atoms with van der Waals surface area (Å²) in [6, 6.07) is 6.33. The number of carbonyl (C=O) groups is 1. The van der Waals surface area contributed by atoms with Crippen LogP contribution in [0, 0.1) is 0 Å². The van der Waals surface area contributed by atoms with E-state index in [2.05, 4.69) is 5.32 Å². The van der Waals surface area contributed by atoms with Gasteiger partial charge in [0.1, 0.15) is 17.2 Å². The van der Waals surface area contributed by atoms with Crippen molar-refractivity contribution in [3.05, 3.63) is 51.0 Å². The molecule has 0 aliphatic heterocycles. The number of carbonyl (C=O) groups excluding carboxylic acids is 1. The molecule has 0 aliphatic rings. The van der Waals surface area contributed by atoms with Crippen molar-refractivity contribution >= 4 is 52.5 Å². The first-order valence-electron chi connectivity index (χ1n) is 7.33. The molecule has 0 heterocycles. The zero-order valence-electron chi connectivity index (χ0n) is 14.2. The van der Waals surface area contributed by atoms with E-state index < -0.39 is 5.91 Å². The van der Waals surface area contributed by atoms with E-state index in [4.69, 9.17) is 49.0 Å². The van der Waals surface area contributed by atoms with Gasteiger partial charge in [0.2, 0.25) is 5.91 Å². The second-order valence-electron chi connectivity index (χ2n) is 5.02. The summed E-state index contributed by atoms with van der Waals surface area (Å²) in [6.45, 7) is 0. The summed E-state index contributed by atoms with van der Waals surface area (Å²) in [5.74, 6) is 0.840. The normalized spacial score (nSPS) is 10.7. The second-order valence-corrected chi connectivity index (χ2v) is 6.27. The van der Waals surface area contributed by atoms with Gasteiger partial charge in [-0.05, 0) is 18.2 Å².